The lowest BCUT2D eigenvalue weighted by Gasteiger charge is -2.09. The molecular weight excluding hydrogens is 360 g/mol. The molecule has 7 nitrogen and oxygen atoms in total. The second-order valence-corrected chi connectivity index (χ2v) is 7.27. The van der Waals surface area contributed by atoms with Crippen LogP contribution in [-0.2, 0) is 13.1 Å². The van der Waals surface area contributed by atoms with Crippen molar-refractivity contribution in [3.8, 4) is 11.4 Å². The van der Waals surface area contributed by atoms with Crippen molar-refractivity contribution in [2.24, 2.45) is 4.99 Å². The summed E-state index contributed by atoms with van der Waals surface area (Å²) in [7, 11) is 3.41. The Morgan fingerprint density at radius 1 is 1.15 bits per heavy atom. The molecule has 2 aromatic heterocycles. The Kier molecular flexibility index (Phi) is 6.08. The molecule has 8 heteroatoms. The summed E-state index contributed by atoms with van der Waals surface area (Å²) in [5.41, 5.74) is 3.00. The summed E-state index contributed by atoms with van der Waals surface area (Å²) in [6.45, 7) is 5.35. The van der Waals surface area contributed by atoms with Crippen LogP contribution < -0.4 is 15.4 Å². The first-order chi connectivity index (χ1) is 13.1. The molecule has 0 fully saturated rings. The molecule has 0 atom stereocenters. The summed E-state index contributed by atoms with van der Waals surface area (Å²) >= 11 is 1.70. The predicted molar refractivity (Wildman–Crippen MR) is 109 cm³/mol. The highest BCUT2D eigenvalue weighted by Crippen LogP contribution is 2.16. The maximum atomic E-state index is 5.19. The van der Waals surface area contributed by atoms with Crippen LogP contribution in [0.3, 0.4) is 0 Å². The summed E-state index contributed by atoms with van der Waals surface area (Å²) in [5.74, 6) is 1.55. The average Bonchev–Trinajstić information content (AvgIpc) is 3.29. The number of nitrogens with zero attached hydrogens (tertiary/aromatic N) is 4. The van der Waals surface area contributed by atoms with Gasteiger partial charge in [0.15, 0.2) is 5.96 Å². The molecular formula is C19H24N6OS. The fourth-order valence-electron chi connectivity index (χ4n) is 2.50. The largest absolute Gasteiger partial charge is 0.497 e. The van der Waals surface area contributed by atoms with Gasteiger partial charge < -0.3 is 15.4 Å². The van der Waals surface area contributed by atoms with Crippen LogP contribution in [-0.4, -0.2) is 34.9 Å². The van der Waals surface area contributed by atoms with E-state index in [1.54, 1.807) is 25.5 Å². The van der Waals surface area contributed by atoms with Crippen LogP contribution in [0, 0.1) is 13.8 Å². The highest BCUT2D eigenvalue weighted by molar-refractivity contribution is 7.11. The van der Waals surface area contributed by atoms with Crippen LogP contribution in [0.2, 0.25) is 0 Å². The number of hydrogen-bond donors (Lipinski definition) is 2. The van der Waals surface area contributed by atoms with Crippen molar-refractivity contribution in [3.05, 3.63) is 57.8 Å². The zero-order valence-electron chi connectivity index (χ0n) is 16.0. The first-order valence-electron chi connectivity index (χ1n) is 8.65. The van der Waals surface area contributed by atoms with Crippen LogP contribution in [0.25, 0.3) is 5.69 Å². The second-order valence-electron chi connectivity index (χ2n) is 5.98. The quantitative estimate of drug-likeness (QED) is 0.505. The minimum atomic E-state index is 0.582. The van der Waals surface area contributed by atoms with Crippen molar-refractivity contribution in [2.75, 3.05) is 14.2 Å². The maximum absolute atomic E-state index is 5.19. The van der Waals surface area contributed by atoms with E-state index in [9.17, 15) is 0 Å². The molecule has 0 saturated carbocycles. The fraction of sp³-hybridized carbons (Fsp3) is 0.316. The predicted octanol–water partition coefficient (Wildman–Crippen LogP) is 2.82. The molecule has 0 aliphatic carbocycles. The number of thiazole rings is 1. The number of rotatable bonds is 6. The van der Waals surface area contributed by atoms with Gasteiger partial charge in [-0.2, -0.15) is 5.10 Å². The fourth-order valence-corrected chi connectivity index (χ4v) is 3.38. The minimum Gasteiger partial charge on any atom is -0.497 e. The van der Waals surface area contributed by atoms with Crippen molar-refractivity contribution in [1.82, 2.24) is 25.4 Å². The molecule has 0 saturated heterocycles. The smallest absolute Gasteiger partial charge is 0.191 e. The molecule has 0 spiro atoms. The standard InChI is InChI=1S/C19H24N6OS/c1-13-14(2)27-18(23-13)12-22-19(20-3)21-11-15-9-10-25(24-15)16-5-7-17(26-4)8-6-16/h5-10H,11-12H2,1-4H3,(H2,20,21,22). The van der Waals surface area contributed by atoms with Crippen LogP contribution in [0.15, 0.2) is 41.5 Å². The van der Waals surface area contributed by atoms with Gasteiger partial charge in [-0.15, -0.1) is 11.3 Å². The number of aliphatic imine (C=N–C) groups is 1. The number of nitrogens with one attached hydrogen (secondary N) is 2. The highest BCUT2D eigenvalue weighted by Gasteiger charge is 2.06. The van der Waals surface area contributed by atoms with E-state index in [1.165, 1.54) is 4.88 Å². The lowest BCUT2D eigenvalue weighted by Crippen LogP contribution is -2.36. The van der Waals surface area contributed by atoms with Crippen molar-refractivity contribution in [2.45, 2.75) is 26.9 Å². The lowest BCUT2D eigenvalue weighted by atomic mass is 10.3. The molecule has 142 valence electrons. The van der Waals surface area contributed by atoms with E-state index in [4.69, 9.17) is 4.74 Å². The number of guanidine groups is 1. The maximum Gasteiger partial charge on any atom is 0.191 e. The zero-order valence-corrected chi connectivity index (χ0v) is 16.8. The zero-order chi connectivity index (χ0) is 19.2. The van der Waals surface area contributed by atoms with E-state index in [0.717, 1.165) is 33.8 Å². The molecule has 0 aliphatic heterocycles. The lowest BCUT2D eigenvalue weighted by molar-refractivity contribution is 0.414. The summed E-state index contributed by atoms with van der Waals surface area (Å²) in [4.78, 5) is 10.0. The first kappa shape index (κ1) is 18.9. The van der Waals surface area contributed by atoms with Gasteiger partial charge in [-0.3, -0.25) is 4.99 Å². The van der Waals surface area contributed by atoms with Gasteiger partial charge in [0, 0.05) is 18.1 Å². The Labute approximate surface area is 163 Å². The molecule has 0 aliphatic rings. The van der Waals surface area contributed by atoms with E-state index in [2.05, 4.69) is 32.6 Å². The molecule has 1 aromatic carbocycles. The third-order valence-electron chi connectivity index (χ3n) is 4.12. The van der Waals surface area contributed by atoms with Gasteiger partial charge in [-0.05, 0) is 44.2 Å². The summed E-state index contributed by atoms with van der Waals surface area (Å²) in [6.07, 6.45) is 1.94. The number of hydrogen-bond acceptors (Lipinski definition) is 5. The number of ether oxygens (including phenoxy) is 1. The SMILES string of the molecule is CN=C(NCc1ccn(-c2ccc(OC)cc2)n1)NCc1nc(C)c(C)s1. The van der Waals surface area contributed by atoms with E-state index >= 15 is 0 Å². The van der Waals surface area contributed by atoms with Crippen LogP contribution in [0.5, 0.6) is 5.75 Å². The Hall–Kier alpha value is -2.87. The summed E-state index contributed by atoms with van der Waals surface area (Å²) < 4.78 is 7.03. The van der Waals surface area contributed by atoms with E-state index in [0.29, 0.717) is 13.1 Å². The Morgan fingerprint density at radius 3 is 2.52 bits per heavy atom. The molecule has 3 rings (SSSR count). The van der Waals surface area contributed by atoms with E-state index < -0.39 is 0 Å². The van der Waals surface area contributed by atoms with Crippen molar-refractivity contribution in [1.29, 1.82) is 0 Å². The Bertz CT molecular complexity index is 893. The third kappa shape index (κ3) is 4.85. The van der Waals surface area contributed by atoms with Gasteiger partial charge in [0.25, 0.3) is 0 Å². The van der Waals surface area contributed by atoms with Crippen LogP contribution in [0.1, 0.15) is 21.3 Å². The molecule has 0 unspecified atom stereocenters. The summed E-state index contributed by atoms with van der Waals surface area (Å²) in [5, 5.41) is 12.2. The average molecular weight is 385 g/mol. The number of benzene rings is 1. The molecule has 0 bridgehead atoms. The number of aromatic nitrogens is 3. The summed E-state index contributed by atoms with van der Waals surface area (Å²) in [6, 6.07) is 9.77. The Balaban J connectivity index is 1.54. The Morgan fingerprint density at radius 2 is 1.89 bits per heavy atom. The highest BCUT2D eigenvalue weighted by atomic mass is 32.1. The van der Waals surface area contributed by atoms with Crippen molar-refractivity contribution < 1.29 is 4.74 Å². The van der Waals surface area contributed by atoms with Crippen LogP contribution >= 0.6 is 11.3 Å². The monoisotopic (exact) mass is 384 g/mol. The molecule has 27 heavy (non-hydrogen) atoms. The van der Waals surface area contributed by atoms with Gasteiger partial charge >= 0.3 is 0 Å². The van der Waals surface area contributed by atoms with Crippen molar-refractivity contribution in [3.63, 3.8) is 0 Å². The topological polar surface area (TPSA) is 76.4 Å². The van der Waals surface area contributed by atoms with Crippen molar-refractivity contribution >= 4 is 17.3 Å². The normalized spacial score (nSPS) is 11.5. The minimum absolute atomic E-state index is 0.582. The first-order valence-corrected chi connectivity index (χ1v) is 9.47. The molecule has 0 amide bonds. The van der Waals surface area contributed by atoms with E-state index in [-0.39, 0.29) is 0 Å². The number of aryl methyl sites for hydroxylation is 2. The third-order valence-corrected chi connectivity index (χ3v) is 5.19. The molecule has 0 radical (unpaired) electrons. The van der Waals surface area contributed by atoms with E-state index in [1.807, 2.05) is 48.1 Å². The van der Waals surface area contributed by atoms with Gasteiger partial charge in [0.1, 0.15) is 10.8 Å². The van der Waals surface area contributed by atoms with Gasteiger partial charge in [0.2, 0.25) is 0 Å². The van der Waals surface area contributed by atoms with Gasteiger partial charge in [0.05, 0.1) is 37.3 Å². The number of methoxy groups -OCH3 is 1. The molecule has 2 N–H and O–H groups in total. The molecule has 3 aromatic rings. The van der Waals surface area contributed by atoms with Gasteiger partial charge in [-0.25, -0.2) is 9.67 Å². The molecule has 2 heterocycles. The van der Waals surface area contributed by atoms with Crippen LogP contribution in [0.4, 0.5) is 0 Å². The van der Waals surface area contributed by atoms with Gasteiger partial charge in [-0.1, -0.05) is 0 Å². The second kappa shape index (κ2) is 8.68.